The molecule has 2 heteroatoms. The first kappa shape index (κ1) is 10.3. The number of hydrogen-bond donors (Lipinski definition) is 0. The standard InChI is InChI=1S/C11H16O2/c1-4-10(12)11(13-3)7-5-6-9(2)8-11/h1,9H,5-8H2,2-3H3. The van der Waals surface area contributed by atoms with E-state index in [0.717, 1.165) is 19.3 Å². The van der Waals surface area contributed by atoms with Crippen molar-refractivity contribution in [2.24, 2.45) is 5.92 Å². The van der Waals surface area contributed by atoms with Crippen molar-refractivity contribution in [2.45, 2.75) is 38.2 Å². The van der Waals surface area contributed by atoms with Crippen LogP contribution in [0.5, 0.6) is 0 Å². The van der Waals surface area contributed by atoms with Crippen LogP contribution in [0.3, 0.4) is 0 Å². The molecule has 1 aliphatic rings. The molecule has 0 heterocycles. The van der Waals surface area contributed by atoms with Gasteiger partial charge in [-0.25, -0.2) is 0 Å². The summed E-state index contributed by atoms with van der Waals surface area (Å²) >= 11 is 0. The van der Waals surface area contributed by atoms with E-state index in [1.54, 1.807) is 7.11 Å². The number of carbonyl (C=O) groups is 1. The number of ether oxygens (including phenoxy) is 1. The SMILES string of the molecule is C#CC(=O)C1(OC)CCCC(C)C1. The summed E-state index contributed by atoms with van der Waals surface area (Å²) in [6.07, 6.45) is 8.87. The summed E-state index contributed by atoms with van der Waals surface area (Å²) in [5.74, 6) is 2.52. The molecule has 0 aromatic heterocycles. The van der Waals surface area contributed by atoms with Crippen molar-refractivity contribution in [2.75, 3.05) is 7.11 Å². The number of methoxy groups -OCH3 is 1. The predicted octanol–water partition coefficient (Wildman–Crippen LogP) is 1.78. The maximum Gasteiger partial charge on any atom is 0.236 e. The van der Waals surface area contributed by atoms with E-state index >= 15 is 0 Å². The lowest BCUT2D eigenvalue weighted by atomic mass is 9.76. The lowest BCUT2D eigenvalue weighted by Gasteiger charge is -2.35. The van der Waals surface area contributed by atoms with E-state index in [-0.39, 0.29) is 5.78 Å². The lowest BCUT2D eigenvalue weighted by Crippen LogP contribution is -2.43. The normalized spacial score (nSPS) is 33.8. The van der Waals surface area contributed by atoms with Gasteiger partial charge in [0.2, 0.25) is 5.78 Å². The van der Waals surface area contributed by atoms with Crippen LogP contribution in [0.25, 0.3) is 0 Å². The van der Waals surface area contributed by atoms with E-state index in [0.29, 0.717) is 5.92 Å². The van der Waals surface area contributed by atoms with Gasteiger partial charge < -0.3 is 4.74 Å². The van der Waals surface area contributed by atoms with Crippen molar-refractivity contribution in [3.8, 4) is 12.3 Å². The Labute approximate surface area is 79.7 Å². The molecule has 1 saturated carbocycles. The van der Waals surface area contributed by atoms with Gasteiger partial charge in [0.25, 0.3) is 0 Å². The largest absolute Gasteiger partial charge is 0.369 e. The summed E-state index contributed by atoms with van der Waals surface area (Å²) in [5.41, 5.74) is -0.674. The first-order chi connectivity index (χ1) is 6.14. The Balaban J connectivity index is 2.80. The summed E-state index contributed by atoms with van der Waals surface area (Å²) in [6, 6.07) is 0. The highest BCUT2D eigenvalue weighted by Crippen LogP contribution is 2.35. The second-order valence-corrected chi connectivity index (χ2v) is 3.87. The third-order valence-electron chi connectivity index (χ3n) is 2.89. The number of terminal acetylenes is 1. The Kier molecular flexibility index (Phi) is 3.11. The number of rotatable bonds is 2. The third-order valence-corrected chi connectivity index (χ3v) is 2.89. The minimum absolute atomic E-state index is 0.193. The van der Waals surface area contributed by atoms with Gasteiger partial charge in [-0.1, -0.05) is 13.3 Å². The van der Waals surface area contributed by atoms with Crippen LogP contribution >= 0.6 is 0 Å². The molecule has 2 atom stereocenters. The van der Waals surface area contributed by atoms with Crippen LogP contribution in [0.15, 0.2) is 0 Å². The van der Waals surface area contributed by atoms with Crippen LogP contribution in [0.1, 0.15) is 32.6 Å². The molecule has 0 spiro atoms. The van der Waals surface area contributed by atoms with Crippen LogP contribution in [-0.2, 0) is 9.53 Å². The van der Waals surface area contributed by atoms with Crippen LogP contribution < -0.4 is 0 Å². The Morgan fingerprint density at radius 1 is 1.69 bits per heavy atom. The summed E-state index contributed by atoms with van der Waals surface area (Å²) < 4.78 is 5.31. The molecule has 0 N–H and O–H groups in total. The van der Waals surface area contributed by atoms with Gasteiger partial charge in [-0.15, -0.1) is 6.42 Å². The van der Waals surface area contributed by atoms with E-state index in [9.17, 15) is 4.79 Å². The van der Waals surface area contributed by atoms with E-state index in [1.807, 2.05) is 0 Å². The van der Waals surface area contributed by atoms with Gasteiger partial charge in [0.15, 0.2) is 0 Å². The van der Waals surface area contributed by atoms with Gasteiger partial charge in [-0.2, -0.15) is 0 Å². The molecule has 0 bridgehead atoms. The molecule has 1 aliphatic carbocycles. The summed E-state index contributed by atoms with van der Waals surface area (Å²) in [4.78, 5) is 11.5. The van der Waals surface area contributed by atoms with Crippen LogP contribution in [0.4, 0.5) is 0 Å². The lowest BCUT2D eigenvalue weighted by molar-refractivity contribution is -0.140. The molecule has 0 aliphatic heterocycles. The Morgan fingerprint density at radius 2 is 2.38 bits per heavy atom. The quantitative estimate of drug-likeness (QED) is 0.478. The molecular weight excluding hydrogens is 164 g/mol. The first-order valence-corrected chi connectivity index (χ1v) is 4.71. The number of carbonyl (C=O) groups excluding carboxylic acids is 1. The van der Waals surface area contributed by atoms with Gasteiger partial charge in [0, 0.05) is 7.11 Å². The zero-order valence-corrected chi connectivity index (χ0v) is 8.30. The highest BCUT2D eigenvalue weighted by Gasteiger charge is 2.40. The maximum atomic E-state index is 11.5. The minimum Gasteiger partial charge on any atom is -0.369 e. The van der Waals surface area contributed by atoms with Crippen LogP contribution in [0, 0.1) is 18.3 Å². The van der Waals surface area contributed by atoms with Crippen molar-refractivity contribution >= 4 is 5.78 Å². The minimum atomic E-state index is -0.674. The van der Waals surface area contributed by atoms with E-state index < -0.39 is 5.60 Å². The number of hydrogen-bond acceptors (Lipinski definition) is 2. The van der Waals surface area contributed by atoms with Gasteiger partial charge in [0.05, 0.1) is 0 Å². The molecule has 0 radical (unpaired) electrons. The zero-order chi connectivity index (χ0) is 9.90. The van der Waals surface area contributed by atoms with Crippen molar-refractivity contribution < 1.29 is 9.53 Å². The second kappa shape index (κ2) is 3.93. The van der Waals surface area contributed by atoms with E-state index in [4.69, 9.17) is 11.2 Å². The van der Waals surface area contributed by atoms with Crippen molar-refractivity contribution in [1.29, 1.82) is 0 Å². The van der Waals surface area contributed by atoms with Crippen LogP contribution in [-0.4, -0.2) is 18.5 Å². The zero-order valence-electron chi connectivity index (χ0n) is 8.30. The molecular formula is C11H16O2. The van der Waals surface area contributed by atoms with Gasteiger partial charge in [-0.3, -0.25) is 4.79 Å². The van der Waals surface area contributed by atoms with Crippen molar-refractivity contribution in [3.63, 3.8) is 0 Å². The smallest absolute Gasteiger partial charge is 0.236 e. The summed E-state index contributed by atoms with van der Waals surface area (Å²) in [5, 5.41) is 0. The molecule has 0 aromatic carbocycles. The monoisotopic (exact) mass is 180 g/mol. The second-order valence-electron chi connectivity index (χ2n) is 3.87. The third kappa shape index (κ3) is 1.92. The summed E-state index contributed by atoms with van der Waals surface area (Å²) in [7, 11) is 1.58. The maximum absolute atomic E-state index is 11.5. The van der Waals surface area contributed by atoms with Gasteiger partial charge >= 0.3 is 0 Å². The molecule has 1 fully saturated rings. The van der Waals surface area contributed by atoms with E-state index in [2.05, 4.69) is 12.8 Å². The average molecular weight is 180 g/mol. The van der Waals surface area contributed by atoms with E-state index in [1.165, 1.54) is 6.42 Å². The molecule has 2 unspecified atom stereocenters. The van der Waals surface area contributed by atoms with Crippen molar-refractivity contribution in [1.82, 2.24) is 0 Å². The molecule has 72 valence electrons. The van der Waals surface area contributed by atoms with Gasteiger partial charge in [-0.05, 0) is 31.1 Å². The van der Waals surface area contributed by atoms with Crippen LogP contribution in [0.2, 0.25) is 0 Å². The molecule has 0 amide bonds. The molecule has 1 rings (SSSR count). The first-order valence-electron chi connectivity index (χ1n) is 4.71. The highest BCUT2D eigenvalue weighted by atomic mass is 16.5. The van der Waals surface area contributed by atoms with Gasteiger partial charge in [0.1, 0.15) is 5.60 Å². The number of ketones is 1. The molecule has 0 aromatic rings. The Bertz CT molecular complexity index is 239. The fraction of sp³-hybridized carbons (Fsp3) is 0.727. The molecule has 13 heavy (non-hydrogen) atoms. The topological polar surface area (TPSA) is 26.3 Å². The number of Topliss-reactive ketones (excluding diaryl/α,β-unsaturated/α-hetero) is 1. The van der Waals surface area contributed by atoms with Crippen molar-refractivity contribution in [3.05, 3.63) is 0 Å². The average Bonchev–Trinajstić information content (AvgIpc) is 2.16. The highest BCUT2D eigenvalue weighted by molar-refractivity contribution is 6.01. The molecule has 0 saturated heterocycles. The Morgan fingerprint density at radius 3 is 2.85 bits per heavy atom. The molecule has 2 nitrogen and oxygen atoms in total. The fourth-order valence-corrected chi connectivity index (χ4v) is 2.12. The Hall–Kier alpha value is -0.810. The summed E-state index contributed by atoms with van der Waals surface area (Å²) in [6.45, 7) is 2.14. The fourth-order valence-electron chi connectivity index (χ4n) is 2.12. The predicted molar refractivity (Wildman–Crippen MR) is 51.2 cm³/mol.